The van der Waals surface area contributed by atoms with Crippen LogP contribution in [0.2, 0.25) is 0 Å². The van der Waals surface area contributed by atoms with Crippen molar-refractivity contribution in [2.45, 2.75) is 45.4 Å². The van der Waals surface area contributed by atoms with E-state index in [4.69, 9.17) is 9.97 Å². The summed E-state index contributed by atoms with van der Waals surface area (Å²) in [5.74, 6) is 1.08. The van der Waals surface area contributed by atoms with Gasteiger partial charge in [-0.05, 0) is 56.0 Å². The number of H-pyrrole nitrogens is 2. The highest BCUT2D eigenvalue weighted by Crippen LogP contribution is 2.35. The Morgan fingerprint density at radius 3 is 2.64 bits per heavy atom. The van der Waals surface area contributed by atoms with E-state index < -0.39 is 0 Å². The molecule has 11 heteroatoms. The third-order valence-electron chi connectivity index (χ3n) is 7.76. The normalized spacial score (nSPS) is 14.0. The summed E-state index contributed by atoms with van der Waals surface area (Å²) in [4.78, 5) is 48.0. The molecule has 1 aliphatic carbocycles. The molecular formula is C31H28N8O2S. The molecule has 1 aliphatic rings. The highest BCUT2D eigenvalue weighted by Gasteiger charge is 2.19. The molecule has 0 aliphatic heterocycles. The minimum Gasteiger partial charge on any atom is -0.335 e. The maximum atomic E-state index is 12.7. The van der Waals surface area contributed by atoms with E-state index in [1.165, 1.54) is 30.6 Å². The predicted octanol–water partition coefficient (Wildman–Crippen LogP) is 6.80. The van der Waals surface area contributed by atoms with Crippen LogP contribution in [0.1, 0.15) is 55.1 Å². The first-order chi connectivity index (χ1) is 20.5. The molecule has 1 saturated carbocycles. The number of amides is 1. The Hall–Kier alpha value is -4.77. The Balaban J connectivity index is 1.19. The molecule has 6 aromatic heterocycles. The van der Waals surface area contributed by atoms with E-state index >= 15 is 0 Å². The lowest BCUT2D eigenvalue weighted by molar-refractivity contribution is -0.117. The average molecular weight is 577 g/mol. The molecule has 1 amide bonds. The van der Waals surface area contributed by atoms with Gasteiger partial charge in [0.2, 0.25) is 5.91 Å². The highest BCUT2D eigenvalue weighted by molar-refractivity contribution is 7.17. The van der Waals surface area contributed by atoms with Crippen LogP contribution in [0.5, 0.6) is 0 Å². The topological polar surface area (TPSA) is 142 Å². The van der Waals surface area contributed by atoms with Crippen LogP contribution in [0.25, 0.3) is 55.3 Å². The fourth-order valence-electron chi connectivity index (χ4n) is 5.64. The summed E-state index contributed by atoms with van der Waals surface area (Å²) in [7, 11) is 0. The van der Waals surface area contributed by atoms with Crippen molar-refractivity contribution in [3.63, 3.8) is 0 Å². The van der Waals surface area contributed by atoms with Gasteiger partial charge in [-0.15, -0.1) is 11.3 Å². The number of nitrogens with one attached hydrogen (secondary N) is 3. The molecule has 1 fully saturated rings. The molecule has 0 saturated heterocycles. The van der Waals surface area contributed by atoms with E-state index in [0.717, 1.165) is 45.4 Å². The van der Waals surface area contributed by atoms with Gasteiger partial charge in [-0.25, -0.2) is 9.97 Å². The molecule has 10 nitrogen and oxygen atoms in total. The van der Waals surface area contributed by atoms with Gasteiger partial charge in [-0.1, -0.05) is 19.3 Å². The third-order valence-corrected chi connectivity index (χ3v) is 8.98. The lowest BCUT2D eigenvalue weighted by Crippen LogP contribution is -2.18. The first-order valence-corrected chi connectivity index (χ1v) is 14.9. The summed E-state index contributed by atoms with van der Waals surface area (Å²) in [6.45, 7) is 1.56. The minimum absolute atomic E-state index is 0.0280. The number of nitrogens with zero attached hydrogens (tertiary/aromatic N) is 5. The quantitative estimate of drug-likeness (QED) is 0.177. The molecule has 6 heterocycles. The molecule has 0 bridgehead atoms. The number of carbonyl (C=O) groups excluding carboxylic acids is 2. The number of imidazole rings is 1. The summed E-state index contributed by atoms with van der Waals surface area (Å²) in [6, 6.07) is 9.47. The summed E-state index contributed by atoms with van der Waals surface area (Å²) < 4.78 is 0. The zero-order chi connectivity index (χ0) is 28.6. The molecule has 42 heavy (non-hydrogen) atoms. The highest BCUT2D eigenvalue weighted by atomic mass is 32.1. The molecule has 210 valence electrons. The first-order valence-electron chi connectivity index (χ1n) is 14.1. The summed E-state index contributed by atoms with van der Waals surface area (Å²) in [6.07, 6.45) is 13.4. The lowest BCUT2D eigenvalue weighted by atomic mass is 9.87. The second-order valence-electron chi connectivity index (χ2n) is 10.8. The Morgan fingerprint density at radius 1 is 0.952 bits per heavy atom. The molecule has 7 rings (SSSR count). The van der Waals surface area contributed by atoms with Crippen molar-refractivity contribution in [3.8, 4) is 33.2 Å². The number of pyridine rings is 3. The van der Waals surface area contributed by atoms with Gasteiger partial charge in [0.15, 0.2) is 17.3 Å². The first kappa shape index (κ1) is 26.1. The SMILES string of the molecule is CC(=O)c1ccc(-c2cncc3[nH]c(-c4n[nH]c5ccc(-c6cncc(NC(=O)CC7CCCCC7)c6)nc45)nc23)s1. The van der Waals surface area contributed by atoms with Gasteiger partial charge >= 0.3 is 0 Å². The van der Waals surface area contributed by atoms with Crippen molar-refractivity contribution in [2.24, 2.45) is 5.92 Å². The van der Waals surface area contributed by atoms with Crippen LogP contribution in [0, 0.1) is 5.92 Å². The Kier molecular flexibility index (Phi) is 6.79. The van der Waals surface area contributed by atoms with E-state index in [9.17, 15) is 9.59 Å². The Morgan fingerprint density at radius 2 is 1.81 bits per heavy atom. The number of thiophene rings is 1. The van der Waals surface area contributed by atoms with Crippen LogP contribution in [0.15, 0.2) is 55.1 Å². The average Bonchev–Trinajstić information content (AvgIpc) is 3.75. The molecule has 0 unspecified atom stereocenters. The van der Waals surface area contributed by atoms with E-state index in [1.807, 2.05) is 30.3 Å². The van der Waals surface area contributed by atoms with Crippen molar-refractivity contribution in [1.82, 2.24) is 35.1 Å². The Bertz CT molecular complexity index is 1950. The number of hydrogen-bond donors (Lipinski definition) is 3. The Labute approximate surface area is 245 Å². The van der Waals surface area contributed by atoms with Crippen LogP contribution < -0.4 is 5.32 Å². The van der Waals surface area contributed by atoms with Crippen LogP contribution in [-0.4, -0.2) is 46.8 Å². The lowest BCUT2D eigenvalue weighted by Gasteiger charge is -2.20. The van der Waals surface area contributed by atoms with E-state index in [2.05, 4.69) is 30.5 Å². The van der Waals surface area contributed by atoms with Gasteiger partial charge in [0.1, 0.15) is 11.0 Å². The third kappa shape index (κ3) is 5.07. The van der Waals surface area contributed by atoms with Gasteiger partial charge in [0.25, 0.3) is 0 Å². The number of aromatic amines is 2. The number of Topliss-reactive ketones (excluding diaryl/α,β-unsaturated/α-hetero) is 1. The number of ketones is 1. The van der Waals surface area contributed by atoms with Gasteiger partial charge in [-0.2, -0.15) is 5.10 Å². The van der Waals surface area contributed by atoms with Crippen LogP contribution in [0.3, 0.4) is 0 Å². The van der Waals surface area contributed by atoms with Crippen molar-refractivity contribution in [2.75, 3.05) is 5.32 Å². The van der Waals surface area contributed by atoms with E-state index in [0.29, 0.717) is 45.6 Å². The van der Waals surface area contributed by atoms with Crippen molar-refractivity contribution >= 4 is 50.8 Å². The fourth-order valence-corrected chi connectivity index (χ4v) is 6.55. The second kappa shape index (κ2) is 10.9. The minimum atomic E-state index is 0.0280. The second-order valence-corrected chi connectivity index (χ2v) is 11.9. The van der Waals surface area contributed by atoms with Gasteiger partial charge < -0.3 is 10.3 Å². The largest absolute Gasteiger partial charge is 0.335 e. The van der Waals surface area contributed by atoms with E-state index in [-0.39, 0.29) is 11.7 Å². The number of anilines is 1. The van der Waals surface area contributed by atoms with E-state index in [1.54, 1.807) is 31.7 Å². The molecule has 3 N–H and O–H groups in total. The van der Waals surface area contributed by atoms with Crippen LogP contribution >= 0.6 is 11.3 Å². The zero-order valence-corrected chi connectivity index (χ0v) is 23.8. The molecule has 6 aromatic rings. The van der Waals surface area contributed by atoms with Gasteiger partial charge in [0.05, 0.1) is 39.7 Å². The van der Waals surface area contributed by atoms with Gasteiger partial charge in [-0.3, -0.25) is 24.7 Å². The zero-order valence-electron chi connectivity index (χ0n) is 23.0. The maximum absolute atomic E-state index is 12.7. The fraction of sp³-hybridized carbons (Fsp3) is 0.258. The summed E-state index contributed by atoms with van der Waals surface area (Å²) in [5.41, 5.74) is 6.48. The van der Waals surface area contributed by atoms with Crippen molar-refractivity contribution < 1.29 is 9.59 Å². The summed E-state index contributed by atoms with van der Waals surface area (Å²) >= 11 is 1.42. The predicted molar refractivity (Wildman–Crippen MR) is 163 cm³/mol. The van der Waals surface area contributed by atoms with Crippen LogP contribution in [-0.2, 0) is 4.79 Å². The molecule has 0 aromatic carbocycles. The number of hydrogen-bond acceptors (Lipinski definition) is 8. The molecule has 0 radical (unpaired) electrons. The molecular weight excluding hydrogens is 548 g/mol. The standard InChI is InChI=1S/C31H28N8O2S/c1-17(40)25-9-10-26(42-25)21-15-33-16-24-28(21)37-31(36-24)30-29-23(38-39-30)8-7-22(35-29)19-12-20(14-32-13-19)34-27(41)11-18-5-3-2-4-6-18/h7-10,12-16,18H,2-6,11H2,1H3,(H,34,41)(H,36,37)(H,38,39). The monoisotopic (exact) mass is 576 g/mol. The smallest absolute Gasteiger partial charge is 0.224 e. The maximum Gasteiger partial charge on any atom is 0.224 e. The van der Waals surface area contributed by atoms with Crippen molar-refractivity contribution in [3.05, 3.63) is 60.0 Å². The number of carbonyl (C=O) groups is 2. The summed E-state index contributed by atoms with van der Waals surface area (Å²) in [5, 5.41) is 10.6. The van der Waals surface area contributed by atoms with Crippen LogP contribution in [0.4, 0.5) is 5.69 Å². The molecule has 0 atom stereocenters. The number of aromatic nitrogens is 7. The number of rotatable bonds is 7. The number of fused-ring (bicyclic) bond motifs is 2. The van der Waals surface area contributed by atoms with Crippen molar-refractivity contribution in [1.29, 1.82) is 0 Å². The molecule has 0 spiro atoms. The van der Waals surface area contributed by atoms with Gasteiger partial charge in [0, 0.05) is 34.8 Å².